The Bertz CT molecular complexity index is 874. The fourth-order valence-corrected chi connectivity index (χ4v) is 3.67. The zero-order chi connectivity index (χ0) is 21.7. The maximum atomic E-state index is 14.0. The van der Waals surface area contributed by atoms with Crippen LogP contribution in [0.25, 0.3) is 0 Å². The van der Waals surface area contributed by atoms with Crippen LogP contribution in [0.2, 0.25) is 5.02 Å². The molecule has 2 aromatic carbocycles. The van der Waals surface area contributed by atoms with Crippen molar-refractivity contribution in [3.05, 3.63) is 64.4 Å². The van der Waals surface area contributed by atoms with Crippen LogP contribution in [0.4, 0.5) is 4.39 Å². The minimum absolute atomic E-state index is 0.0598. The molecule has 1 aliphatic rings. The Kier molecular flexibility index (Phi) is 7.32. The number of nitrogens with one attached hydrogen (secondary N) is 1. The lowest BCUT2D eigenvalue weighted by Gasteiger charge is -2.32. The van der Waals surface area contributed by atoms with E-state index in [9.17, 15) is 14.0 Å². The summed E-state index contributed by atoms with van der Waals surface area (Å²) in [5, 5.41) is 2.99. The van der Waals surface area contributed by atoms with Gasteiger partial charge in [-0.2, -0.15) is 0 Å². The average molecular weight is 433 g/mol. The molecule has 0 spiro atoms. The Balaban J connectivity index is 1.48. The van der Waals surface area contributed by atoms with Crippen molar-refractivity contribution in [3.8, 4) is 5.75 Å². The van der Waals surface area contributed by atoms with E-state index < -0.39 is 5.82 Å². The quantitative estimate of drug-likeness (QED) is 0.728. The van der Waals surface area contributed by atoms with Crippen LogP contribution in [0.3, 0.4) is 0 Å². The van der Waals surface area contributed by atoms with Crippen LogP contribution in [0.15, 0.2) is 42.5 Å². The molecule has 5 nitrogen and oxygen atoms in total. The molecule has 2 aromatic rings. The molecule has 1 heterocycles. The number of amides is 2. The minimum Gasteiger partial charge on any atom is -0.493 e. The van der Waals surface area contributed by atoms with Gasteiger partial charge in [-0.25, -0.2) is 4.39 Å². The van der Waals surface area contributed by atoms with Gasteiger partial charge in [-0.1, -0.05) is 17.7 Å². The van der Waals surface area contributed by atoms with Crippen molar-refractivity contribution < 1.29 is 18.7 Å². The van der Waals surface area contributed by atoms with Gasteiger partial charge in [0.05, 0.1) is 17.2 Å². The van der Waals surface area contributed by atoms with Crippen molar-refractivity contribution in [2.75, 3.05) is 19.7 Å². The lowest BCUT2D eigenvalue weighted by molar-refractivity contribution is 0.0656. The minimum atomic E-state index is -0.594. The third-order valence-electron chi connectivity index (χ3n) is 5.10. The second-order valence-corrected chi connectivity index (χ2v) is 8.20. The molecular formula is C23H26ClFN2O3. The molecule has 0 unspecified atom stereocenters. The van der Waals surface area contributed by atoms with Crippen molar-refractivity contribution in [2.24, 2.45) is 5.92 Å². The Morgan fingerprint density at radius 3 is 2.43 bits per heavy atom. The van der Waals surface area contributed by atoms with Crippen LogP contribution in [0, 0.1) is 11.7 Å². The van der Waals surface area contributed by atoms with Crippen molar-refractivity contribution in [1.29, 1.82) is 0 Å². The molecule has 0 saturated carbocycles. The molecule has 1 N–H and O–H groups in total. The van der Waals surface area contributed by atoms with Crippen LogP contribution >= 0.6 is 11.6 Å². The molecule has 30 heavy (non-hydrogen) atoms. The standard InChI is InChI=1S/C23H26ClFN2O3/c1-15(2)26-22(28)17-6-8-18(9-7-17)30-14-16-10-12-27(13-11-16)23(29)21-19(24)4-3-5-20(21)25/h3-9,15-16H,10-14H2,1-2H3,(H,26,28). The summed E-state index contributed by atoms with van der Waals surface area (Å²) in [4.78, 5) is 26.2. The highest BCUT2D eigenvalue weighted by Crippen LogP contribution is 2.25. The number of piperidine rings is 1. The second kappa shape index (κ2) is 9.94. The Morgan fingerprint density at radius 1 is 1.17 bits per heavy atom. The van der Waals surface area contributed by atoms with E-state index in [2.05, 4.69) is 5.32 Å². The molecule has 160 valence electrons. The van der Waals surface area contributed by atoms with Gasteiger partial charge in [-0.3, -0.25) is 9.59 Å². The number of hydrogen-bond acceptors (Lipinski definition) is 3. The normalized spacial score (nSPS) is 14.6. The highest BCUT2D eigenvalue weighted by molar-refractivity contribution is 6.33. The molecule has 1 aliphatic heterocycles. The van der Waals surface area contributed by atoms with E-state index in [-0.39, 0.29) is 28.4 Å². The van der Waals surface area contributed by atoms with Gasteiger partial charge in [0.15, 0.2) is 0 Å². The molecule has 1 saturated heterocycles. The van der Waals surface area contributed by atoms with Gasteiger partial charge in [0, 0.05) is 24.7 Å². The first kappa shape index (κ1) is 22.1. The number of rotatable bonds is 6. The van der Waals surface area contributed by atoms with Crippen LogP contribution in [0.5, 0.6) is 5.75 Å². The molecule has 0 aliphatic carbocycles. The summed E-state index contributed by atoms with van der Waals surface area (Å²) in [6, 6.07) is 11.4. The lowest BCUT2D eigenvalue weighted by atomic mass is 9.97. The third-order valence-corrected chi connectivity index (χ3v) is 5.42. The summed E-state index contributed by atoms with van der Waals surface area (Å²) in [5.74, 6) is -0.0680. The highest BCUT2D eigenvalue weighted by Gasteiger charge is 2.27. The molecule has 2 amide bonds. The van der Waals surface area contributed by atoms with Crippen LogP contribution in [-0.4, -0.2) is 42.5 Å². The van der Waals surface area contributed by atoms with Crippen molar-refractivity contribution in [2.45, 2.75) is 32.7 Å². The SMILES string of the molecule is CC(C)NC(=O)c1ccc(OCC2CCN(C(=O)c3c(F)cccc3Cl)CC2)cc1. The summed E-state index contributed by atoms with van der Waals surface area (Å²) in [6.07, 6.45) is 1.54. The Labute approximate surface area is 181 Å². The maximum absolute atomic E-state index is 14.0. The van der Waals surface area contributed by atoms with Gasteiger partial charge < -0.3 is 15.0 Å². The van der Waals surface area contributed by atoms with E-state index >= 15 is 0 Å². The van der Waals surface area contributed by atoms with Gasteiger partial charge in [-0.15, -0.1) is 0 Å². The molecule has 0 atom stereocenters. The second-order valence-electron chi connectivity index (χ2n) is 7.80. The van der Waals surface area contributed by atoms with Crippen LogP contribution in [-0.2, 0) is 0 Å². The van der Waals surface area contributed by atoms with E-state index in [0.717, 1.165) is 12.8 Å². The van der Waals surface area contributed by atoms with Crippen molar-refractivity contribution in [3.63, 3.8) is 0 Å². The van der Waals surface area contributed by atoms with E-state index in [1.54, 1.807) is 29.2 Å². The molecule has 0 radical (unpaired) electrons. The average Bonchev–Trinajstić information content (AvgIpc) is 2.72. The van der Waals surface area contributed by atoms with E-state index in [4.69, 9.17) is 16.3 Å². The summed E-state index contributed by atoms with van der Waals surface area (Å²) >= 11 is 6.01. The largest absolute Gasteiger partial charge is 0.493 e. The summed E-state index contributed by atoms with van der Waals surface area (Å²) < 4.78 is 19.9. The van der Waals surface area contributed by atoms with Crippen LogP contribution < -0.4 is 10.1 Å². The fourth-order valence-electron chi connectivity index (χ4n) is 3.43. The molecule has 0 bridgehead atoms. The topological polar surface area (TPSA) is 58.6 Å². The molecule has 1 fully saturated rings. The predicted octanol–water partition coefficient (Wildman–Crippen LogP) is 4.55. The summed E-state index contributed by atoms with van der Waals surface area (Å²) in [5.41, 5.74) is 0.533. The molecular weight excluding hydrogens is 407 g/mol. The first-order chi connectivity index (χ1) is 14.3. The van der Waals surface area contributed by atoms with Gasteiger partial charge in [0.2, 0.25) is 0 Å². The fraction of sp³-hybridized carbons (Fsp3) is 0.391. The van der Waals surface area contributed by atoms with Gasteiger partial charge >= 0.3 is 0 Å². The lowest BCUT2D eigenvalue weighted by Crippen LogP contribution is -2.40. The van der Waals surface area contributed by atoms with Gasteiger partial charge in [0.25, 0.3) is 11.8 Å². The zero-order valence-corrected chi connectivity index (χ0v) is 17.9. The summed E-state index contributed by atoms with van der Waals surface area (Å²) in [7, 11) is 0. The number of halogens is 2. The van der Waals surface area contributed by atoms with Crippen molar-refractivity contribution >= 4 is 23.4 Å². The number of hydrogen-bond donors (Lipinski definition) is 1. The number of likely N-dealkylation sites (tertiary alicyclic amines) is 1. The maximum Gasteiger partial charge on any atom is 0.258 e. The summed E-state index contributed by atoms with van der Waals surface area (Å²) in [6.45, 7) is 5.43. The molecule has 0 aromatic heterocycles. The molecule has 7 heteroatoms. The van der Waals surface area contributed by atoms with E-state index in [1.807, 2.05) is 13.8 Å². The number of carbonyl (C=O) groups is 2. The van der Waals surface area contributed by atoms with Crippen molar-refractivity contribution in [1.82, 2.24) is 10.2 Å². The first-order valence-corrected chi connectivity index (χ1v) is 10.5. The van der Waals surface area contributed by atoms with E-state index in [0.29, 0.717) is 36.9 Å². The van der Waals surface area contributed by atoms with Gasteiger partial charge in [-0.05, 0) is 69.0 Å². The number of ether oxygens (including phenoxy) is 1. The predicted molar refractivity (Wildman–Crippen MR) is 115 cm³/mol. The smallest absolute Gasteiger partial charge is 0.258 e. The van der Waals surface area contributed by atoms with E-state index in [1.165, 1.54) is 18.2 Å². The van der Waals surface area contributed by atoms with Gasteiger partial charge in [0.1, 0.15) is 11.6 Å². The number of carbonyl (C=O) groups excluding carboxylic acids is 2. The highest BCUT2D eigenvalue weighted by atomic mass is 35.5. The number of nitrogens with zero attached hydrogens (tertiary/aromatic N) is 1. The Hall–Kier alpha value is -2.60. The third kappa shape index (κ3) is 5.51. The Morgan fingerprint density at radius 2 is 1.83 bits per heavy atom. The molecule has 3 rings (SSSR count). The monoisotopic (exact) mass is 432 g/mol. The number of benzene rings is 2. The van der Waals surface area contributed by atoms with Crippen LogP contribution in [0.1, 0.15) is 47.4 Å². The zero-order valence-electron chi connectivity index (χ0n) is 17.2. The first-order valence-electron chi connectivity index (χ1n) is 10.1.